The van der Waals surface area contributed by atoms with E-state index in [1.807, 2.05) is 0 Å². The van der Waals surface area contributed by atoms with Crippen molar-refractivity contribution in [3.05, 3.63) is 65.5 Å². The summed E-state index contributed by atoms with van der Waals surface area (Å²) in [6, 6.07) is 10.9. The van der Waals surface area contributed by atoms with Gasteiger partial charge in [-0.2, -0.15) is 0 Å². The Hall–Kier alpha value is -3.42. The monoisotopic (exact) mass is 401 g/mol. The maximum atomic E-state index is 14.0. The molecule has 7 nitrogen and oxygen atoms in total. The molecular formula is C21H24FN3O4. The number of amides is 3. The lowest BCUT2D eigenvalue weighted by Gasteiger charge is -2.22. The molecular weight excluding hydrogens is 377 g/mol. The highest BCUT2D eigenvalue weighted by atomic mass is 19.1. The molecule has 4 N–H and O–H groups in total. The van der Waals surface area contributed by atoms with Crippen molar-refractivity contribution in [3.8, 4) is 5.75 Å². The highest BCUT2D eigenvalue weighted by molar-refractivity contribution is 5.91. The molecule has 2 atom stereocenters. The number of carbonyl (C=O) groups excluding carboxylic acids is 3. The molecule has 0 heterocycles. The number of methoxy groups -OCH3 is 1. The molecule has 0 aliphatic carbocycles. The number of hydrogen-bond donors (Lipinski definition) is 3. The molecule has 0 fully saturated rings. The standard InChI is InChI=1S/C21H24FN3O4/c1-13(26)24-19(12-15-7-3-4-9-17(15)22)21(28)25-18(20(23)27)11-14-6-5-8-16(10-14)29-2/h3-10,18-19H,11-12H2,1-2H3,(H2,23,27)(H,24,26)(H,25,28)/t18-,19+/m1/s1. The zero-order valence-electron chi connectivity index (χ0n) is 16.3. The predicted molar refractivity (Wildman–Crippen MR) is 106 cm³/mol. The first-order valence-electron chi connectivity index (χ1n) is 9.03. The molecule has 2 aromatic rings. The summed E-state index contributed by atoms with van der Waals surface area (Å²) in [6.07, 6.45) is 0.0769. The van der Waals surface area contributed by atoms with E-state index in [0.29, 0.717) is 5.75 Å². The molecule has 3 amide bonds. The Kier molecular flexibility index (Phi) is 7.70. The number of rotatable bonds is 9. The van der Waals surface area contributed by atoms with E-state index >= 15 is 0 Å². The number of benzene rings is 2. The molecule has 0 saturated heterocycles. The average Bonchev–Trinajstić information content (AvgIpc) is 2.68. The second kappa shape index (κ2) is 10.2. The van der Waals surface area contributed by atoms with Gasteiger partial charge in [-0.3, -0.25) is 14.4 Å². The van der Waals surface area contributed by atoms with Crippen LogP contribution in [0.4, 0.5) is 4.39 Å². The van der Waals surface area contributed by atoms with Crippen molar-refractivity contribution in [2.45, 2.75) is 31.8 Å². The van der Waals surface area contributed by atoms with Crippen molar-refractivity contribution in [1.82, 2.24) is 10.6 Å². The largest absolute Gasteiger partial charge is 0.497 e. The van der Waals surface area contributed by atoms with Gasteiger partial charge < -0.3 is 21.1 Å². The van der Waals surface area contributed by atoms with E-state index < -0.39 is 35.6 Å². The smallest absolute Gasteiger partial charge is 0.243 e. The third kappa shape index (κ3) is 6.60. The number of ether oxygens (including phenoxy) is 1. The molecule has 0 radical (unpaired) electrons. The van der Waals surface area contributed by atoms with Gasteiger partial charge >= 0.3 is 0 Å². The van der Waals surface area contributed by atoms with Crippen molar-refractivity contribution < 1.29 is 23.5 Å². The van der Waals surface area contributed by atoms with E-state index in [-0.39, 0.29) is 18.4 Å². The highest BCUT2D eigenvalue weighted by Crippen LogP contribution is 2.14. The minimum Gasteiger partial charge on any atom is -0.497 e. The van der Waals surface area contributed by atoms with Crippen LogP contribution >= 0.6 is 0 Å². The zero-order chi connectivity index (χ0) is 21.4. The first-order chi connectivity index (χ1) is 13.8. The Balaban J connectivity index is 2.16. The Labute approximate surface area is 168 Å². The van der Waals surface area contributed by atoms with E-state index in [9.17, 15) is 18.8 Å². The predicted octanol–water partition coefficient (Wildman–Crippen LogP) is 1.09. The maximum Gasteiger partial charge on any atom is 0.243 e. The maximum absolute atomic E-state index is 14.0. The van der Waals surface area contributed by atoms with Crippen molar-refractivity contribution in [2.24, 2.45) is 5.73 Å². The van der Waals surface area contributed by atoms with Gasteiger partial charge in [0.1, 0.15) is 23.7 Å². The van der Waals surface area contributed by atoms with Crippen molar-refractivity contribution >= 4 is 17.7 Å². The zero-order valence-corrected chi connectivity index (χ0v) is 16.3. The van der Waals surface area contributed by atoms with Crippen LogP contribution < -0.4 is 21.1 Å². The third-order valence-electron chi connectivity index (χ3n) is 4.31. The van der Waals surface area contributed by atoms with Crippen LogP contribution in [0.2, 0.25) is 0 Å². The highest BCUT2D eigenvalue weighted by Gasteiger charge is 2.26. The van der Waals surface area contributed by atoms with Gasteiger partial charge in [0.15, 0.2) is 0 Å². The van der Waals surface area contributed by atoms with Crippen molar-refractivity contribution in [2.75, 3.05) is 7.11 Å². The summed E-state index contributed by atoms with van der Waals surface area (Å²) >= 11 is 0. The molecule has 0 spiro atoms. The molecule has 0 aliphatic rings. The summed E-state index contributed by atoms with van der Waals surface area (Å²) in [5, 5.41) is 5.05. The molecule has 2 aromatic carbocycles. The van der Waals surface area contributed by atoms with E-state index in [0.717, 1.165) is 5.56 Å². The minimum atomic E-state index is -1.06. The van der Waals surface area contributed by atoms with Crippen LogP contribution in [-0.4, -0.2) is 36.9 Å². The second-order valence-electron chi connectivity index (χ2n) is 6.57. The number of primary amides is 1. The molecule has 0 unspecified atom stereocenters. The van der Waals surface area contributed by atoms with Crippen LogP contribution in [0.5, 0.6) is 5.75 Å². The van der Waals surface area contributed by atoms with Crippen LogP contribution in [0.25, 0.3) is 0 Å². The van der Waals surface area contributed by atoms with Gasteiger partial charge in [-0.1, -0.05) is 30.3 Å². The van der Waals surface area contributed by atoms with Crippen molar-refractivity contribution in [1.29, 1.82) is 0 Å². The molecule has 0 aromatic heterocycles. The van der Waals surface area contributed by atoms with E-state index in [1.54, 1.807) is 30.3 Å². The van der Waals surface area contributed by atoms with E-state index in [2.05, 4.69) is 10.6 Å². The summed E-state index contributed by atoms with van der Waals surface area (Å²) in [7, 11) is 1.52. The summed E-state index contributed by atoms with van der Waals surface area (Å²) in [6.45, 7) is 1.25. The normalized spacial score (nSPS) is 12.5. The van der Waals surface area contributed by atoms with Crippen LogP contribution in [0.3, 0.4) is 0 Å². The first-order valence-corrected chi connectivity index (χ1v) is 9.03. The Morgan fingerprint density at radius 3 is 2.38 bits per heavy atom. The fourth-order valence-corrected chi connectivity index (χ4v) is 2.87. The number of hydrogen-bond acceptors (Lipinski definition) is 4. The van der Waals surface area contributed by atoms with E-state index in [1.165, 1.54) is 32.2 Å². The number of carbonyl (C=O) groups is 3. The fourth-order valence-electron chi connectivity index (χ4n) is 2.87. The van der Waals surface area contributed by atoms with Gasteiger partial charge in [0, 0.05) is 19.8 Å². The summed E-state index contributed by atoms with van der Waals surface area (Å²) in [5.74, 6) is -1.69. The topological polar surface area (TPSA) is 111 Å². The van der Waals surface area contributed by atoms with Gasteiger partial charge in [0.2, 0.25) is 17.7 Å². The third-order valence-corrected chi connectivity index (χ3v) is 4.31. The Morgan fingerprint density at radius 1 is 1.03 bits per heavy atom. The van der Waals surface area contributed by atoms with Gasteiger partial charge in [-0.25, -0.2) is 4.39 Å². The molecule has 8 heteroatoms. The van der Waals surface area contributed by atoms with Gasteiger partial charge in [-0.15, -0.1) is 0 Å². The molecule has 29 heavy (non-hydrogen) atoms. The van der Waals surface area contributed by atoms with Gasteiger partial charge in [-0.05, 0) is 29.3 Å². The minimum absolute atomic E-state index is 0.0667. The van der Waals surface area contributed by atoms with Crippen LogP contribution in [0.1, 0.15) is 18.1 Å². The number of halogens is 1. The quantitative estimate of drug-likeness (QED) is 0.584. The SMILES string of the molecule is COc1cccc(C[C@@H](NC(=O)[C@H](Cc2ccccc2F)NC(C)=O)C(N)=O)c1. The van der Waals surface area contributed by atoms with E-state index in [4.69, 9.17) is 10.5 Å². The molecule has 2 rings (SSSR count). The average molecular weight is 401 g/mol. The summed E-state index contributed by atoms with van der Waals surface area (Å²) < 4.78 is 19.1. The van der Waals surface area contributed by atoms with Crippen LogP contribution in [0, 0.1) is 5.82 Å². The lowest BCUT2D eigenvalue weighted by atomic mass is 10.0. The summed E-state index contributed by atoms with van der Waals surface area (Å²) in [4.78, 5) is 36.1. The second-order valence-corrected chi connectivity index (χ2v) is 6.57. The Bertz CT molecular complexity index is 888. The molecule has 0 saturated carbocycles. The number of nitrogens with one attached hydrogen (secondary N) is 2. The Morgan fingerprint density at radius 2 is 1.76 bits per heavy atom. The lowest BCUT2D eigenvalue weighted by molar-refractivity contribution is -0.130. The van der Waals surface area contributed by atoms with Crippen LogP contribution in [-0.2, 0) is 27.2 Å². The van der Waals surface area contributed by atoms with Gasteiger partial charge in [0.25, 0.3) is 0 Å². The molecule has 154 valence electrons. The lowest BCUT2D eigenvalue weighted by Crippen LogP contribution is -2.54. The fraction of sp³-hybridized carbons (Fsp3) is 0.286. The van der Waals surface area contributed by atoms with Crippen molar-refractivity contribution in [3.63, 3.8) is 0 Å². The number of nitrogens with two attached hydrogens (primary N) is 1. The molecule has 0 bridgehead atoms. The van der Waals surface area contributed by atoms with Gasteiger partial charge in [0.05, 0.1) is 7.11 Å². The molecule has 0 aliphatic heterocycles. The first kappa shape index (κ1) is 21.9. The van der Waals surface area contributed by atoms with Crippen LogP contribution in [0.15, 0.2) is 48.5 Å². The summed E-state index contributed by atoms with van der Waals surface area (Å²) in [5.41, 5.74) is 6.45.